The third-order valence-electron chi connectivity index (χ3n) is 9.11. The van der Waals surface area contributed by atoms with Crippen LogP contribution in [0.2, 0.25) is 0 Å². The van der Waals surface area contributed by atoms with E-state index < -0.39 is 60.0 Å². The minimum atomic E-state index is -1.80. The number of Topliss-reactive ketones (excluding diaryl/α,β-unsaturated/α-hetero) is 1. The third-order valence-corrected chi connectivity index (χ3v) is 9.11. The molecule has 43 heavy (non-hydrogen) atoms. The van der Waals surface area contributed by atoms with Crippen LogP contribution in [0.5, 0.6) is 0 Å². The number of hydrogen-bond acceptors (Lipinski definition) is 9. The number of rotatable bonds is 15. The Morgan fingerprint density at radius 1 is 1.19 bits per heavy atom. The van der Waals surface area contributed by atoms with E-state index in [0.29, 0.717) is 6.42 Å². The zero-order valence-corrected chi connectivity index (χ0v) is 25.6. The summed E-state index contributed by atoms with van der Waals surface area (Å²) in [6.07, 6.45) is 11.5. The summed E-state index contributed by atoms with van der Waals surface area (Å²) in [5, 5.41) is 25.3. The molecule has 3 rings (SSSR count). The Balaban J connectivity index is 1.91. The first-order valence-corrected chi connectivity index (χ1v) is 15.4. The number of carbonyl (C=O) groups is 4. The van der Waals surface area contributed by atoms with Crippen molar-refractivity contribution in [2.75, 3.05) is 13.1 Å². The van der Waals surface area contributed by atoms with E-state index in [1.54, 1.807) is 6.92 Å². The van der Waals surface area contributed by atoms with Crippen LogP contribution in [0.1, 0.15) is 82.6 Å². The highest BCUT2D eigenvalue weighted by molar-refractivity contribution is 6.43. The van der Waals surface area contributed by atoms with Crippen molar-refractivity contribution in [3.63, 3.8) is 0 Å². The molecule has 1 aliphatic heterocycles. The maximum atomic E-state index is 14.3. The summed E-state index contributed by atoms with van der Waals surface area (Å²) in [6, 6.07) is -0.862. The van der Waals surface area contributed by atoms with Gasteiger partial charge in [0, 0.05) is 18.9 Å². The molecular formula is C30H47BN6O6. The van der Waals surface area contributed by atoms with Crippen LogP contribution in [0.25, 0.3) is 0 Å². The summed E-state index contributed by atoms with van der Waals surface area (Å²) in [4.78, 5) is 64.8. The number of amides is 3. The molecule has 1 aliphatic carbocycles. The van der Waals surface area contributed by atoms with Gasteiger partial charge in [0.2, 0.25) is 17.7 Å². The molecule has 1 aromatic rings. The second kappa shape index (κ2) is 15.5. The predicted molar refractivity (Wildman–Crippen MR) is 162 cm³/mol. The maximum absolute atomic E-state index is 14.3. The van der Waals surface area contributed by atoms with Crippen molar-refractivity contribution in [3.8, 4) is 0 Å². The number of carbonyl (C=O) groups excluding carboxylic acids is 4. The van der Waals surface area contributed by atoms with Gasteiger partial charge in [-0.25, -0.2) is 4.98 Å². The molecule has 5 atom stereocenters. The third kappa shape index (κ3) is 8.07. The first kappa shape index (κ1) is 34.3. The van der Waals surface area contributed by atoms with Crippen LogP contribution >= 0.6 is 0 Å². The summed E-state index contributed by atoms with van der Waals surface area (Å²) in [6.45, 7) is 9.25. The molecule has 0 radical (unpaired) electrons. The second-order valence-corrected chi connectivity index (χ2v) is 12.3. The summed E-state index contributed by atoms with van der Waals surface area (Å²) in [7, 11) is -1.80. The molecule has 1 aromatic heterocycles. The Kier molecular flexibility index (Phi) is 12.4. The lowest BCUT2D eigenvalue weighted by molar-refractivity contribution is -0.145. The average molecular weight is 599 g/mol. The van der Waals surface area contributed by atoms with E-state index in [-0.39, 0.29) is 43.5 Å². The van der Waals surface area contributed by atoms with Crippen molar-refractivity contribution >= 4 is 30.6 Å². The van der Waals surface area contributed by atoms with Crippen molar-refractivity contribution in [3.05, 3.63) is 36.9 Å². The van der Waals surface area contributed by atoms with Crippen LogP contribution in [0.15, 0.2) is 31.2 Å². The Morgan fingerprint density at radius 2 is 1.88 bits per heavy atom. The maximum Gasteiger partial charge on any atom is 0.475 e. The topological polar surface area (TPSA) is 188 Å². The highest BCUT2D eigenvalue weighted by atomic mass is 16.4. The number of nitrogens with zero attached hydrogens (tertiary/aromatic N) is 3. The summed E-state index contributed by atoms with van der Waals surface area (Å²) in [5.41, 5.74) is 4.57. The zero-order valence-electron chi connectivity index (χ0n) is 25.6. The summed E-state index contributed by atoms with van der Waals surface area (Å²) in [5.74, 6) is -4.86. The quantitative estimate of drug-likeness (QED) is 0.0850. The van der Waals surface area contributed by atoms with Gasteiger partial charge >= 0.3 is 7.12 Å². The molecule has 1 saturated carbocycles. The van der Waals surface area contributed by atoms with E-state index in [0.717, 1.165) is 32.1 Å². The van der Waals surface area contributed by atoms with Gasteiger partial charge in [0.1, 0.15) is 23.2 Å². The van der Waals surface area contributed by atoms with Crippen molar-refractivity contribution in [2.45, 2.75) is 89.7 Å². The van der Waals surface area contributed by atoms with Gasteiger partial charge < -0.3 is 31.3 Å². The monoisotopic (exact) mass is 598 g/mol. The predicted octanol–water partition coefficient (Wildman–Crippen LogP) is 1.03. The van der Waals surface area contributed by atoms with Crippen molar-refractivity contribution in [1.82, 2.24) is 25.5 Å². The van der Waals surface area contributed by atoms with Crippen LogP contribution in [0.4, 0.5) is 0 Å². The number of likely N-dealkylation sites (tertiary alicyclic amines) is 1. The van der Waals surface area contributed by atoms with Crippen LogP contribution in [-0.4, -0.2) is 86.2 Å². The fourth-order valence-electron chi connectivity index (χ4n) is 6.34. The normalized spacial score (nSPS) is 22.0. The zero-order chi connectivity index (χ0) is 31.7. The lowest BCUT2D eigenvalue weighted by Gasteiger charge is -2.37. The average Bonchev–Trinajstić information content (AvgIpc) is 3.32. The minimum absolute atomic E-state index is 0.0327. The molecule has 3 amide bonds. The van der Waals surface area contributed by atoms with Gasteiger partial charge in [-0.05, 0) is 43.6 Å². The second-order valence-electron chi connectivity index (χ2n) is 12.3. The molecular weight excluding hydrogens is 551 g/mol. The van der Waals surface area contributed by atoms with E-state index in [4.69, 9.17) is 5.73 Å². The molecule has 2 heterocycles. The van der Waals surface area contributed by atoms with Gasteiger partial charge in [0.25, 0.3) is 0 Å². The Morgan fingerprint density at radius 3 is 2.44 bits per heavy atom. The van der Waals surface area contributed by atoms with Gasteiger partial charge in [-0.1, -0.05) is 59.0 Å². The lowest BCUT2D eigenvalue weighted by atomic mass is 9.77. The molecule has 0 bridgehead atoms. The number of nitrogens with two attached hydrogens (primary N) is 1. The molecule has 2 fully saturated rings. The molecule has 0 spiro atoms. The summed E-state index contributed by atoms with van der Waals surface area (Å²) >= 11 is 0. The molecule has 6 N–H and O–H groups in total. The molecule has 0 aromatic carbocycles. The van der Waals surface area contributed by atoms with Gasteiger partial charge in [-0.15, -0.1) is 6.58 Å². The van der Waals surface area contributed by atoms with Crippen molar-refractivity contribution in [1.29, 1.82) is 0 Å². The number of ketones is 1. The van der Waals surface area contributed by atoms with E-state index in [9.17, 15) is 29.2 Å². The van der Waals surface area contributed by atoms with Crippen molar-refractivity contribution < 1.29 is 29.2 Å². The first-order chi connectivity index (χ1) is 20.5. The first-order valence-electron chi connectivity index (χ1n) is 15.4. The SMILES string of the molecule is C=CC[C@H](NC(=O)[C@H](CC1CCCCC1)N1CCC(NC(=O)[C@H](C(=O)c2cnccn2)C(C)CN)(C(C)C)C1=O)B(O)O. The molecule has 12 nitrogen and oxygen atoms in total. The van der Waals surface area contributed by atoms with Gasteiger partial charge in [-0.2, -0.15) is 0 Å². The van der Waals surface area contributed by atoms with E-state index in [2.05, 4.69) is 27.2 Å². The van der Waals surface area contributed by atoms with Gasteiger partial charge in [-0.3, -0.25) is 24.2 Å². The highest BCUT2D eigenvalue weighted by Crippen LogP contribution is 2.36. The van der Waals surface area contributed by atoms with Crippen molar-refractivity contribution in [2.24, 2.45) is 29.4 Å². The Labute approximate surface area is 254 Å². The molecule has 236 valence electrons. The Hall–Kier alpha value is -3.16. The van der Waals surface area contributed by atoms with Gasteiger partial charge in [0.15, 0.2) is 5.78 Å². The Bertz CT molecular complexity index is 1130. The smallest absolute Gasteiger partial charge is 0.426 e. The summed E-state index contributed by atoms with van der Waals surface area (Å²) < 4.78 is 0. The largest absolute Gasteiger partial charge is 0.475 e. The van der Waals surface area contributed by atoms with E-state index in [1.165, 1.54) is 29.6 Å². The molecule has 1 saturated heterocycles. The van der Waals surface area contributed by atoms with Gasteiger partial charge in [0.05, 0.1) is 12.1 Å². The van der Waals surface area contributed by atoms with Crippen LogP contribution in [0, 0.1) is 23.7 Å². The van der Waals surface area contributed by atoms with Crippen LogP contribution in [-0.2, 0) is 14.4 Å². The number of nitrogens with one attached hydrogen (secondary N) is 2. The lowest BCUT2D eigenvalue weighted by Crippen LogP contribution is -2.62. The number of aromatic nitrogens is 2. The number of hydrogen-bond donors (Lipinski definition) is 5. The van der Waals surface area contributed by atoms with Crippen LogP contribution in [0.3, 0.4) is 0 Å². The van der Waals surface area contributed by atoms with E-state index >= 15 is 0 Å². The van der Waals surface area contributed by atoms with Crippen LogP contribution < -0.4 is 16.4 Å². The van der Waals surface area contributed by atoms with E-state index in [1.807, 2.05) is 13.8 Å². The minimum Gasteiger partial charge on any atom is -0.426 e. The highest BCUT2D eigenvalue weighted by Gasteiger charge is 2.54. The standard InChI is InChI=1S/C30H47BN6O6/c1-5-9-24(31(42)43)35-27(39)23(16-21-10-7-6-8-11-21)37-15-12-30(19(2)3,29(37)41)36-28(40)25(20(4)17-32)26(38)22-18-33-13-14-34-22/h5,13-14,18-21,23-25,42-43H,1,6-12,15-17,32H2,2-4H3,(H,35,39)(H,36,40)/t20?,23-,24-,25-,30?/m0/s1. The molecule has 13 heteroatoms. The fraction of sp³-hybridized carbons (Fsp3) is 0.667. The molecule has 2 aliphatic rings. The molecule has 2 unspecified atom stereocenters. The fourth-order valence-corrected chi connectivity index (χ4v) is 6.34.